The fourth-order valence-electron chi connectivity index (χ4n) is 3.00. The van der Waals surface area contributed by atoms with Crippen molar-refractivity contribution in [3.63, 3.8) is 0 Å². The fourth-order valence-corrected chi connectivity index (χ4v) is 3.00. The largest absolute Gasteiger partial charge is 0.314 e. The molecule has 2 aromatic heterocycles. The summed E-state index contributed by atoms with van der Waals surface area (Å²) < 4.78 is 4.17. The van der Waals surface area contributed by atoms with E-state index in [1.54, 1.807) is 0 Å². The lowest BCUT2D eigenvalue weighted by Gasteiger charge is -2.15. The highest BCUT2D eigenvalue weighted by Gasteiger charge is 2.19. The van der Waals surface area contributed by atoms with Crippen LogP contribution in [0.1, 0.15) is 55.1 Å². The van der Waals surface area contributed by atoms with Gasteiger partial charge in [0.25, 0.3) is 0 Å². The summed E-state index contributed by atoms with van der Waals surface area (Å²) in [5.74, 6) is 2.21. The molecule has 21 heavy (non-hydrogen) atoms. The number of aromatic nitrogens is 5. The molecule has 6 nitrogen and oxygen atoms in total. The minimum absolute atomic E-state index is 0.198. The van der Waals surface area contributed by atoms with Gasteiger partial charge in [0.15, 0.2) is 0 Å². The van der Waals surface area contributed by atoms with Crippen molar-refractivity contribution in [1.82, 2.24) is 29.9 Å². The number of aryl methyl sites for hydroxylation is 3. The first-order chi connectivity index (χ1) is 10.1. The molecule has 3 rings (SSSR count). The van der Waals surface area contributed by atoms with Gasteiger partial charge in [-0.25, -0.2) is 0 Å². The lowest BCUT2D eigenvalue weighted by Crippen LogP contribution is -2.22. The molecule has 1 N–H and O–H groups in total. The first-order valence-corrected chi connectivity index (χ1v) is 7.79. The van der Waals surface area contributed by atoms with Gasteiger partial charge in [-0.05, 0) is 26.7 Å². The molecule has 114 valence electrons. The maximum atomic E-state index is 4.41. The number of hydrogen-bond acceptors (Lipinski definition) is 4. The molecule has 2 aromatic rings. The second-order valence-corrected chi connectivity index (χ2v) is 5.95. The average Bonchev–Trinajstić information content (AvgIpc) is 2.91. The van der Waals surface area contributed by atoms with Crippen molar-refractivity contribution in [3.05, 3.63) is 29.1 Å². The Hall–Kier alpha value is -1.69. The van der Waals surface area contributed by atoms with Crippen molar-refractivity contribution < 1.29 is 0 Å². The summed E-state index contributed by atoms with van der Waals surface area (Å²) in [6.45, 7) is 6.07. The molecule has 1 unspecified atom stereocenters. The van der Waals surface area contributed by atoms with Crippen LogP contribution in [0, 0.1) is 6.92 Å². The molecule has 1 aliphatic heterocycles. The van der Waals surface area contributed by atoms with Crippen molar-refractivity contribution in [2.75, 3.05) is 0 Å². The maximum Gasteiger partial charge on any atom is 0.149 e. The van der Waals surface area contributed by atoms with Crippen LogP contribution >= 0.6 is 0 Å². The second-order valence-electron chi connectivity index (χ2n) is 5.95. The van der Waals surface area contributed by atoms with Gasteiger partial charge in [-0.1, -0.05) is 6.42 Å². The quantitative estimate of drug-likeness (QED) is 0.933. The van der Waals surface area contributed by atoms with Crippen molar-refractivity contribution in [2.45, 2.75) is 58.7 Å². The maximum absolute atomic E-state index is 4.41. The van der Waals surface area contributed by atoms with Crippen LogP contribution in [0.15, 0.2) is 6.20 Å². The first kappa shape index (κ1) is 14.3. The van der Waals surface area contributed by atoms with Gasteiger partial charge in [0.2, 0.25) is 0 Å². The highest BCUT2D eigenvalue weighted by molar-refractivity contribution is 5.15. The Morgan fingerprint density at radius 2 is 2.14 bits per heavy atom. The predicted octanol–water partition coefficient (Wildman–Crippen LogP) is 1.90. The van der Waals surface area contributed by atoms with Crippen LogP contribution in [-0.2, 0) is 26.6 Å². The fraction of sp³-hybridized carbons (Fsp3) is 0.667. The van der Waals surface area contributed by atoms with Crippen molar-refractivity contribution in [3.8, 4) is 0 Å². The number of hydrogen-bond donors (Lipinski definition) is 1. The van der Waals surface area contributed by atoms with Crippen LogP contribution in [0.5, 0.6) is 0 Å². The van der Waals surface area contributed by atoms with E-state index in [0.717, 1.165) is 36.9 Å². The Balaban J connectivity index is 1.69. The summed E-state index contributed by atoms with van der Waals surface area (Å²) in [5, 5.41) is 16.7. The Kier molecular flexibility index (Phi) is 4.05. The van der Waals surface area contributed by atoms with E-state index in [0.29, 0.717) is 0 Å². The monoisotopic (exact) mass is 288 g/mol. The van der Waals surface area contributed by atoms with Gasteiger partial charge >= 0.3 is 0 Å². The number of fused-ring (bicyclic) bond motifs is 1. The summed E-state index contributed by atoms with van der Waals surface area (Å²) in [6.07, 6.45) is 6.88. The molecule has 1 aliphatic rings. The van der Waals surface area contributed by atoms with Crippen LogP contribution in [-0.4, -0.2) is 24.5 Å². The van der Waals surface area contributed by atoms with E-state index in [1.807, 2.05) is 18.7 Å². The molecule has 0 bridgehead atoms. The SMILES string of the molecule is Cc1nn(C)cc1CNC(C)c1nnc2n1CCCCC2. The molecule has 0 fully saturated rings. The molecule has 0 aliphatic carbocycles. The van der Waals surface area contributed by atoms with E-state index in [4.69, 9.17) is 0 Å². The summed E-state index contributed by atoms with van der Waals surface area (Å²) >= 11 is 0. The normalized spacial score (nSPS) is 16.5. The van der Waals surface area contributed by atoms with Crippen molar-refractivity contribution in [2.24, 2.45) is 7.05 Å². The highest BCUT2D eigenvalue weighted by atomic mass is 15.3. The summed E-state index contributed by atoms with van der Waals surface area (Å²) in [4.78, 5) is 0. The van der Waals surface area contributed by atoms with E-state index < -0.39 is 0 Å². The summed E-state index contributed by atoms with van der Waals surface area (Å²) in [7, 11) is 1.96. The Labute approximate surface area is 125 Å². The van der Waals surface area contributed by atoms with Gasteiger partial charge in [0, 0.05) is 38.3 Å². The Morgan fingerprint density at radius 1 is 1.29 bits per heavy atom. The van der Waals surface area contributed by atoms with Gasteiger partial charge in [-0.2, -0.15) is 5.10 Å². The number of nitrogens with zero attached hydrogens (tertiary/aromatic N) is 5. The second kappa shape index (κ2) is 5.97. The smallest absolute Gasteiger partial charge is 0.149 e. The lowest BCUT2D eigenvalue weighted by molar-refractivity contribution is 0.501. The van der Waals surface area contributed by atoms with Crippen LogP contribution < -0.4 is 5.32 Å². The van der Waals surface area contributed by atoms with Crippen LogP contribution in [0.4, 0.5) is 0 Å². The number of nitrogens with one attached hydrogen (secondary N) is 1. The Bertz CT molecular complexity index is 612. The van der Waals surface area contributed by atoms with E-state index in [1.165, 1.54) is 24.8 Å². The highest BCUT2D eigenvalue weighted by Crippen LogP contribution is 2.19. The van der Waals surface area contributed by atoms with E-state index >= 15 is 0 Å². The minimum atomic E-state index is 0.198. The third kappa shape index (κ3) is 3.00. The van der Waals surface area contributed by atoms with E-state index in [-0.39, 0.29) is 6.04 Å². The molecule has 0 saturated heterocycles. The standard InChI is InChI=1S/C15H24N6/c1-11-13(10-20(3)19-11)9-16-12(2)15-18-17-14-7-5-4-6-8-21(14)15/h10,12,16H,4-9H2,1-3H3. The molecule has 0 radical (unpaired) electrons. The first-order valence-electron chi connectivity index (χ1n) is 7.79. The molecule has 0 saturated carbocycles. The van der Waals surface area contributed by atoms with Gasteiger partial charge in [0.1, 0.15) is 11.6 Å². The molecule has 0 amide bonds. The molecule has 3 heterocycles. The molecule has 1 atom stereocenters. The molecule has 0 spiro atoms. The summed E-state index contributed by atoms with van der Waals surface area (Å²) in [5.41, 5.74) is 2.32. The zero-order chi connectivity index (χ0) is 14.8. The lowest BCUT2D eigenvalue weighted by atomic mass is 10.2. The zero-order valence-corrected chi connectivity index (χ0v) is 13.1. The average molecular weight is 288 g/mol. The molecule has 6 heteroatoms. The summed E-state index contributed by atoms with van der Waals surface area (Å²) in [6, 6.07) is 0.198. The van der Waals surface area contributed by atoms with Crippen LogP contribution in [0.3, 0.4) is 0 Å². The van der Waals surface area contributed by atoms with Crippen LogP contribution in [0.2, 0.25) is 0 Å². The van der Waals surface area contributed by atoms with E-state index in [9.17, 15) is 0 Å². The zero-order valence-electron chi connectivity index (χ0n) is 13.1. The molecular formula is C15H24N6. The third-order valence-corrected chi connectivity index (χ3v) is 4.24. The minimum Gasteiger partial charge on any atom is -0.314 e. The topological polar surface area (TPSA) is 60.6 Å². The Morgan fingerprint density at radius 3 is 2.90 bits per heavy atom. The van der Waals surface area contributed by atoms with Gasteiger partial charge in [0.05, 0.1) is 11.7 Å². The molecular weight excluding hydrogens is 264 g/mol. The van der Waals surface area contributed by atoms with Gasteiger partial charge in [-0.3, -0.25) is 4.68 Å². The van der Waals surface area contributed by atoms with Gasteiger partial charge < -0.3 is 9.88 Å². The predicted molar refractivity (Wildman–Crippen MR) is 80.8 cm³/mol. The molecule has 0 aromatic carbocycles. The van der Waals surface area contributed by atoms with Crippen molar-refractivity contribution >= 4 is 0 Å². The third-order valence-electron chi connectivity index (χ3n) is 4.24. The van der Waals surface area contributed by atoms with Crippen molar-refractivity contribution in [1.29, 1.82) is 0 Å². The van der Waals surface area contributed by atoms with Crippen LogP contribution in [0.25, 0.3) is 0 Å². The van der Waals surface area contributed by atoms with Gasteiger partial charge in [-0.15, -0.1) is 10.2 Å². The van der Waals surface area contributed by atoms with E-state index in [2.05, 4.69) is 38.3 Å². The number of rotatable bonds is 4.